The van der Waals surface area contributed by atoms with Gasteiger partial charge in [-0.3, -0.25) is 4.79 Å². The van der Waals surface area contributed by atoms with Crippen molar-refractivity contribution in [3.05, 3.63) is 34.9 Å². The lowest BCUT2D eigenvalue weighted by Gasteiger charge is -2.09. The van der Waals surface area contributed by atoms with Crippen LogP contribution in [-0.2, 0) is 16.0 Å². The normalized spacial score (nSPS) is 9.93. The van der Waals surface area contributed by atoms with E-state index in [-0.39, 0.29) is 5.97 Å². The van der Waals surface area contributed by atoms with Crippen LogP contribution >= 0.6 is 0 Å². The van der Waals surface area contributed by atoms with E-state index in [0.717, 1.165) is 6.42 Å². The van der Waals surface area contributed by atoms with Crippen molar-refractivity contribution in [2.24, 2.45) is 0 Å². The summed E-state index contributed by atoms with van der Waals surface area (Å²) in [6.07, 6.45) is 0.804. The highest BCUT2D eigenvalue weighted by molar-refractivity contribution is 5.65. The van der Waals surface area contributed by atoms with Gasteiger partial charge >= 0.3 is 5.97 Å². The molecule has 0 aliphatic rings. The minimum absolute atomic E-state index is 0.212. The Hall–Kier alpha value is -1.31. The molecule has 0 N–H and O–H groups in total. The highest BCUT2D eigenvalue weighted by atomic mass is 16.5. The minimum Gasteiger partial charge on any atom is -0.466 e. The highest BCUT2D eigenvalue weighted by Gasteiger charge is 2.02. The predicted octanol–water partition coefficient (Wildman–Crippen LogP) is 2.41. The molecule has 0 saturated heterocycles. The van der Waals surface area contributed by atoms with Crippen LogP contribution < -0.4 is 0 Å². The molecule has 0 spiro atoms. The molecule has 0 bridgehead atoms. The number of esters is 1. The molecule has 0 radical (unpaired) electrons. The lowest BCUT2D eigenvalue weighted by Crippen LogP contribution is -2.05. The number of hydrogen-bond donors (Lipinski definition) is 0. The smallest absolute Gasteiger partial charge is 0.302 e. The molecule has 0 aromatic heterocycles. The number of ether oxygens (including phenoxy) is 1. The summed E-state index contributed by atoms with van der Waals surface area (Å²) in [4.78, 5) is 10.6. The molecule has 2 heteroatoms. The van der Waals surface area contributed by atoms with Gasteiger partial charge in [0.15, 0.2) is 0 Å². The monoisotopic (exact) mass is 192 g/mol. The van der Waals surface area contributed by atoms with Crippen LogP contribution in [0.3, 0.4) is 0 Å². The van der Waals surface area contributed by atoms with Crippen LogP contribution in [0.5, 0.6) is 0 Å². The Kier molecular flexibility index (Phi) is 3.69. The molecule has 1 rings (SSSR count). The van der Waals surface area contributed by atoms with Crippen molar-refractivity contribution in [3.8, 4) is 0 Å². The van der Waals surface area contributed by atoms with Gasteiger partial charge in [-0.2, -0.15) is 0 Å². The number of rotatable bonds is 3. The average molecular weight is 192 g/mol. The molecule has 0 amide bonds. The van der Waals surface area contributed by atoms with Gasteiger partial charge in [-0.05, 0) is 30.5 Å². The Morgan fingerprint density at radius 1 is 1.29 bits per heavy atom. The van der Waals surface area contributed by atoms with Crippen LogP contribution in [0, 0.1) is 13.8 Å². The number of hydrogen-bond acceptors (Lipinski definition) is 2. The third kappa shape index (κ3) is 2.87. The molecule has 0 saturated carbocycles. The Balaban J connectivity index is 2.62. The summed E-state index contributed by atoms with van der Waals surface area (Å²) in [6, 6.07) is 6.20. The maximum atomic E-state index is 10.6. The number of benzene rings is 1. The van der Waals surface area contributed by atoms with Crippen LogP contribution in [0.1, 0.15) is 23.6 Å². The summed E-state index contributed by atoms with van der Waals surface area (Å²) >= 11 is 0. The molecule has 0 unspecified atom stereocenters. The number of aryl methyl sites for hydroxylation is 2. The van der Waals surface area contributed by atoms with E-state index in [0.29, 0.717) is 6.61 Å². The zero-order valence-electron chi connectivity index (χ0n) is 8.96. The van der Waals surface area contributed by atoms with Gasteiger partial charge in [0.1, 0.15) is 0 Å². The van der Waals surface area contributed by atoms with Gasteiger partial charge in [0.05, 0.1) is 6.61 Å². The van der Waals surface area contributed by atoms with Crippen LogP contribution in [0.25, 0.3) is 0 Å². The molecule has 0 fully saturated rings. The zero-order valence-corrected chi connectivity index (χ0v) is 8.96. The molecule has 1 aromatic carbocycles. The fourth-order valence-electron chi connectivity index (χ4n) is 1.54. The third-order valence-electron chi connectivity index (χ3n) is 2.30. The Labute approximate surface area is 84.9 Å². The Bertz CT molecular complexity index is 309. The molecule has 0 atom stereocenters. The van der Waals surface area contributed by atoms with E-state index in [1.165, 1.54) is 23.6 Å². The summed E-state index contributed by atoms with van der Waals surface area (Å²) in [7, 11) is 0. The first kappa shape index (κ1) is 10.8. The van der Waals surface area contributed by atoms with Crippen molar-refractivity contribution in [1.29, 1.82) is 0 Å². The van der Waals surface area contributed by atoms with Crippen molar-refractivity contribution in [1.82, 2.24) is 0 Å². The van der Waals surface area contributed by atoms with Gasteiger partial charge in [-0.1, -0.05) is 18.2 Å². The molecule has 2 nitrogen and oxygen atoms in total. The van der Waals surface area contributed by atoms with Crippen molar-refractivity contribution < 1.29 is 9.53 Å². The molecule has 1 aromatic rings. The van der Waals surface area contributed by atoms with E-state index >= 15 is 0 Å². The minimum atomic E-state index is -0.212. The summed E-state index contributed by atoms with van der Waals surface area (Å²) in [5, 5.41) is 0. The van der Waals surface area contributed by atoms with Crippen molar-refractivity contribution in [3.63, 3.8) is 0 Å². The van der Waals surface area contributed by atoms with Crippen molar-refractivity contribution in [2.45, 2.75) is 27.2 Å². The van der Waals surface area contributed by atoms with E-state index in [9.17, 15) is 4.79 Å². The zero-order chi connectivity index (χ0) is 10.6. The Morgan fingerprint density at radius 2 is 1.86 bits per heavy atom. The first-order valence-corrected chi connectivity index (χ1v) is 4.79. The lowest BCUT2D eigenvalue weighted by atomic mass is 10.0. The van der Waals surface area contributed by atoms with Crippen molar-refractivity contribution >= 4 is 5.97 Å². The molecular formula is C12H16O2. The molecule has 0 heterocycles. The largest absolute Gasteiger partial charge is 0.466 e. The fourth-order valence-corrected chi connectivity index (χ4v) is 1.54. The van der Waals surface area contributed by atoms with E-state index in [1.54, 1.807) is 0 Å². The first-order chi connectivity index (χ1) is 6.61. The first-order valence-electron chi connectivity index (χ1n) is 4.79. The SMILES string of the molecule is CC(=O)OCCc1c(C)cccc1C. The Morgan fingerprint density at radius 3 is 2.36 bits per heavy atom. The van der Waals surface area contributed by atoms with Gasteiger partial charge in [0.25, 0.3) is 0 Å². The van der Waals surface area contributed by atoms with Gasteiger partial charge in [0, 0.05) is 13.3 Å². The standard InChI is InChI=1S/C12H16O2/c1-9-5-4-6-10(2)12(9)7-8-14-11(3)13/h4-6H,7-8H2,1-3H3. The predicted molar refractivity (Wildman–Crippen MR) is 56.3 cm³/mol. The summed E-state index contributed by atoms with van der Waals surface area (Å²) in [6.45, 7) is 6.07. The highest BCUT2D eigenvalue weighted by Crippen LogP contribution is 2.13. The fraction of sp³-hybridized carbons (Fsp3) is 0.417. The maximum absolute atomic E-state index is 10.6. The van der Waals surface area contributed by atoms with Crippen LogP contribution in [-0.4, -0.2) is 12.6 Å². The van der Waals surface area contributed by atoms with Crippen LogP contribution in [0.4, 0.5) is 0 Å². The van der Waals surface area contributed by atoms with Gasteiger partial charge in [-0.25, -0.2) is 0 Å². The molecule has 76 valence electrons. The second-order valence-electron chi connectivity index (χ2n) is 3.46. The van der Waals surface area contributed by atoms with Gasteiger partial charge < -0.3 is 4.74 Å². The number of carbonyl (C=O) groups is 1. The van der Waals surface area contributed by atoms with E-state index in [2.05, 4.69) is 26.0 Å². The second kappa shape index (κ2) is 4.80. The van der Waals surface area contributed by atoms with Gasteiger partial charge in [-0.15, -0.1) is 0 Å². The quantitative estimate of drug-likeness (QED) is 0.687. The average Bonchev–Trinajstić information content (AvgIpc) is 2.09. The lowest BCUT2D eigenvalue weighted by molar-refractivity contribution is -0.140. The van der Waals surface area contributed by atoms with Crippen molar-refractivity contribution in [2.75, 3.05) is 6.61 Å². The van der Waals surface area contributed by atoms with E-state index < -0.39 is 0 Å². The topological polar surface area (TPSA) is 26.3 Å². The van der Waals surface area contributed by atoms with E-state index in [1.807, 2.05) is 6.07 Å². The van der Waals surface area contributed by atoms with Crippen LogP contribution in [0.2, 0.25) is 0 Å². The maximum Gasteiger partial charge on any atom is 0.302 e. The summed E-state index contributed by atoms with van der Waals surface area (Å²) in [5.74, 6) is -0.212. The van der Waals surface area contributed by atoms with E-state index in [4.69, 9.17) is 4.74 Å². The summed E-state index contributed by atoms with van der Waals surface area (Å²) in [5.41, 5.74) is 3.81. The third-order valence-corrected chi connectivity index (χ3v) is 2.30. The molecule has 0 aliphatic carbocycles. The van der Waals surface area contributed by atoms with Crippen LogP contribution in [0.15, 0.2) is 18.2 Å². The molecular weight excluding hydrogens is 176 g/mol. The second-order valence-corrected chi connectivity index (χ2v) is 3.46. The molecule has 14 heavy (non-hydrogen) atoms. The molecule has 0 aliphatic heterocycles. The van der Waals surface area contributed by atoms with Gasteiger partial charge in [0.2, 0.25) is 0 Å². The summed E-state index contributed by atoms with van der Waals surface area (Å²) < 4.78 is 4.92. The number of carbonyl (C=O) groups excluding carboxylic acids is 1.